The number of hydrogen-bond acceptors (Lipinski definition) is 3. The third-order valence-corrected chi connectivity index (χ3v) is 5.39. The highest BCUT2D eigenvalue weighted by Gasteiger charge is 2.19. The zero-order valence-corrected chi connectivity index (χ0v) is 17.3. The van der Waals surface area contributed by atoms with E-state index in [1.54, 1.807) is 0 Å². The van der Waals surface area contributed by atoms with E-state index < -0.39 is 6.10 Å². The first-order valence-electron chi connectivity index (χ1n) is 10.4. The number of hydrogen-bond donors (Lipinski definition) is 1. The summed E-state index contributed by atoms with van der Waals surface area (Å²) in [5.74, 6) is 0.709. The first kappa shape index (κ1) is 20.2. The van der Waals surface area contributed by atoms with E-state index >= 15 is 0 Å². The number of amides is 1. The zero-order chi connectivity index (χ0) is 19.9. The number of anilines is 1. The van der Waals surface area contributed by atoms with E-state index in [0.29, 0.717) is 13.0 Å². The Morgan fingerprint density at radius 1 is 1.07 bits per heavy atom. The van der Waals surface area contributed by atoms with Crippen molar-refractivity contribution in [2.75, 3.05) is 18.0 Å². The Morgan fingerprint density at radius 2 is 1.79 bits per heavy atom. The fourth-order valence-corrected chi connectivity index (χ4v) is 3.69. The van der Waals surface area contributed by atoms with Gasteiger partial charge in [-0.1, -0.05) is 36.8 Å². The van der Waals surface area contributed by atoms with Crippen LogP contribution in [-0.2, 0) is 11.3 Å². The van der Waals surface area contributed by atoms with Crippen molar-refractivity contribution in [3.8, 4) is 5.75 Å². The maximum atomic E-state index is 12.6. The monoisotopic (exact) mass is 380 g/mol. The number of ether oxygens (including phenoxy) is 1. The molecule has 2 aromatic rings. The third-order valence-electron chi connectivity index (χ3n) is 5.39. The van der Waals surface area contributed by atoms with Crippen molar-refractivity contribution in [2.24, 2.45) is 0 Å². The van der Waals surface area contributed by atoms with Crippen molar-refractivity contribution in [3.05, 3.63) is 59.2 Å². The average molecular weight is 381 g/mol. The summed E-state index contributed by atoms with van der Waals surface area (Å²) in [6, 6.07) is 14.6. The quantitative estimate of drug-likeness (QED) is 0.752. The molecule has 4 nitrogen and oxygen atoms in total. The Labute approximate surface area is 168 Å². The Balaban J connectivity index is 1.54. The molecule has 1 N–H and O–H groups in total. The van der Waals surface area contributed by atoms with Crippen molar-refractivity contribution in [2.45, 2.75) is 59.1 Å². The smallest absolute Gasteiger partial charge is 0.261 e. The topological polar surface area (TPSA) is 41.6 Å². The molecule has 1 atom stereocenters. The molecule has 1 aliphatic heterocycles. The lowest BCUT2D eigenvalue weighted by molar-refractivity contribution is -0.128. The van der Waals surface area contributed by atoms with Gasteiger partial charge in [0.1, 0.15) is 5.75 Å². The van der Waals surface area contributed by atoms with E-state index in [1.807, 2.05) is 26.0 Å². The fourth-order valence-electron chi connectivity index (χ4n) is 3.69. The summed E-state index contributed by atoms with van der Waals surface area (Å²) in [5, 5.41) is 3.02. The normalized spacial score (nSPS) is 15.2. The van der Waals surface area contributed by atoms with Crippen molar-refractivity contribution in [1.29, 1.82) is 0 Å². The second-order valence-corrected chi connectivity index (χ2v) is 7.72. The molecular weight excluding hydrogens is 348 g/mol. The lowest BCUT2D eigenvalue weighted by atomic mass is 10.1. The average Bonchev–Trinajstić information content (AvgIpc) is 2.72. The predicted molar refractivity (Wildman–Crippen MR) is 115 cm³/mol. The number of carbonyl (C=O) groups excluding carboxylic acids is 1. The van der Waals surface area contributed by atoms with Gasteiger partial charge in [-0.2, -0.15) is 0 Å². The summed E-state index contributed by atoms with van der Waals surface area (Å²) in [4.78, 5) is 15.0. The van der Waals surface area contributed by atoms with Gasteiger partial charge in [0.15, 0.2) is 6.10 Å². The molecule has 1 aliphatic rings. The Morgan fingerprint density at radius 3 is 2.43 bits per heavy atom. The van der Waals surface area contributed by atoms with Crippen molar-refractivity contribution >= 4 is 11.6 Å². The standard InChI is InChI=1S/C24H32N2O2/c1-4-22(28-23-13-8-18(2)16-19(23)3)24(27)25-17-20-9-11-21(12-10-20)26-14-6-5-7-15-26/h8-13,16,22H,4-7,14-15,17H2,1-3H3,(H,25,27)/t22-/m1/s1. The van der Waals surface area contributed by atoms with Gasteiger partial charge in [-0.15, -0.1) is 0 Å². The second-order valence-electron chi connectivity index (χ2n) is 7.72. The van der Waals surface area contributed by atoms with Gasteiger partial charge in [-0.3, -0.25) is 4.79 Å². The highest BCUT2D eigenvalue weighted by Crippen LogP contribution is 2.22. The number of nitrogens with zero attached hydrogens (tertiary/aromatic N) is 1. The molecule has 0 bridgehead atoms. The van der Waals surface area contributed by atoms with Gasteiger partial charge in [-0.05, 0) is 68.9 Å². The molecule has 0 aliphatic carbocycles. The predicted octanol–water partition coefficient (Wildman–Crippen LogP) is 4.77. The van der Waals surface area contributed by atoms with Crippen molar-refractivity contribution in [3.63, 3.8) is 0 Å². The molecule has 0 saturated carbocycles. The van der Waals surface area contributed by atoms with Gasteiger partial charge in [0, 0.05) is 25.3 Å². The summed E-state index contributed by atoms with van der Waals surface area (Å²) >= 11 is 0. The summed E-state index contributed by atoms with van der Waals surface area (Å²) in [6.45, 7) is 8.84. The molecule has 1 saturated heterocycles. The first-order chi connectivity index (χ1) is 13.6. The van der Waals surface area contributed by atoms with E-state index in [2.05, 4.69) is 47.5 Å². The zero-order valence-electron chi connectivity index (χ0n) is 17.3. The number of carbonyl (C=O) groups is 1. The molecule has 0 aromatic heterocycles. The molecule has 1 heterocycles. The minimum atomic E-state index is -0.478. The van der Waals surface area contributed by atoms with Crippen LogP contribution in [0.4, 0.5) is 5.69 Å². The molecule has 2 aromatic carbocycles. The Bertz CT molecular complexity index is 780. The highest BCUT2D eigenvalue weighted by molar-refractivity contribution is 5.81. The van der Waals surface area contributed by atoms with Crippen LogP contribution in [0, 0.1) is 13.8 Å². The minimum absolute atomic E-state index is 0.0671. The van der Waals surface area contributed by atoms with Gasteiger partial charge < -0.3 is 15.0 Å². The van der Waals surface area contributed by atoms with Crippen molar-refractivity contribution in [1.82, 2.24) is 5.32 Å². The Kier molecular flexibility index (Phi) is 6.96. The van der Waals surface area contributed by atoms with Crippen LogP contribution >= 0.6 is 0 Å². The van der Waals surface area contributed by atoms with Crippen LogP contribution in [0.5, 0.6) is 5.75 Å². The maximum Gasteiger partial charge on any atom is 0.261 e. The molecule has 3 rings (SSSR count). The molecule has 150 valence electrons. The fraction of sp³-hybridized carbons (Fsp3) is 0.458. The van der Waals surface area contributed by atoms with Crippen LogP contribution in [0.3, 0.4) is 0 Å². The van der Waals surface area contributed by atoms with E-state index in [0.717, 1.165) is 30.0 Å². The molecule has 0 spiro atoms. The summed E-state index contributed by atoms with van der Waals surface area (Å²) in [6.07, 6.45) is 4.04. The first-order valence-corrected chi connectivity index (χ1v) is 10.4. The molecule has 1 fully saturated rings. The van der Waals surface area contributed by atoms with Crippen LogP contribution in [0.15, 0.2) is 42.5 Å². The maximum absolute atomic E-state index is 12.6. The largest absolute Gasteiger partial charge is 0.480 e. The number of piperidine rings is 1. The Hall–Kier alpha value is -2.49. The van der Waals surface area contributed by atoms with Gasteiger partial charge in [-0.25, -0.2) is 0 Å². The van der Waals surface area contributed by atoms with Gasteiger partial charge in [0.05, 0.1) is 0 Å². The molecule has 0 radical (unpaired) electrons. The van der Waals surface area contributed by atoms with E-state index in [1.165, 1.54) is 30.5 Å². The van der Waals surface area contributed by atoms with Crippen LogP contribution in [0.1, 0.15) is 49.3 Å². The molecule has 4 heteroatoms. The third kappa shape index (κ3) is 5.28. The van der Waals surface area contributed by atoms with Crippen LogP contribution in [-0.4, -0.2) is 25.1 Å². The molecule has 28 heavy (non-hydrogen) atoms. The highest BCUT2D eigenvalue weighted by atomic mass is 16.5. The number of nitrogens with one attached hydrogen (secondary N) is 1. The van der Waals surface area contributed by atoms with E-state index in [9.17, 15) is 4.79 Å². The van der Waals surface area contributed by atoms with Crippen LogP contribution in [0.25, 0.3) is 0 Å². The van der Waals surface area contributed by atoms with Crippen LogP contribution in [0.2, 0.25) is 0 Å². The number of benzene rings is 2. The van der Waals surface area contributed by atoms with Gasteiger partial charge >= 0.3 is 0 Å². The van der Waals surface area contributed by atoms with Crippen LogP contribution < -0.4 is 15.0 Å². The number of aryl methyl sites for hydroxylation is 2. The SMILES string of the molecule is CC[C@@H](Oc1ccc(C)cc1C)C(=O)NCc1ccc(N2CCCCC2)cc1. The van der Waals surface area contributed by atoms with E-state index in [-0.39, 0.29) is 5.91 Å². The van der Waals surface area contributed by atoms with Crippen molar-refractivity contribution < 1.29 is 9.53 Å². The summed E-state index contributed by atoms with van der Waals surface area (Å²) in [5.41, 5.74) is 4.63. The summed E-state index contributed by atoms with van der Waals surface area (Å²) in [7, 11) is 0. The lowest BCUT2D eigenvalue weighted by Crippen LogP contribution is -2.37. The van der Waals surface area contributed by atoms with Gasteiger partial charge in [0.25, 0.3) is 5.91 Å². The molecular formula is C24H32N2O2. The number of rotatable bonds is 7. The van der Waals surface area contributed by atoms with E-state index in [4.69, 9.17) is 4.74 Å². The lowest BCUT2D eigenvalue weighted by Gasteiger charge is -2.28. The molecule has 1 amide bonds. The second kappa shape index (κ2) is 9.63. The van der Waals surface area contributed by atoms with Gasteiger partial charge in [0.2, 0.25) is 0 Å². The minimum Gasteiger partial charge on any atom is -0.480 e. The summed E-state index contributed by atoms with van der Waals surface area (Å²) < 4.78 is 5.98. The molecule has 0 unspecified atom stereocenters.